The number of hydroxylamine groups is 2. The van der Waals surface area contributed by atoms with Crippen LogP contribution in [0.4, 0.5) is 5.69 Å². The summed E-state index contributed by atoms with van der Waals surface area (Å²) in [5.74, 6) is -0.838. The summed E-state index contributed by atoms with van der Waals surface area (Å²) in [7, 11) is 1.65. The van der Waals surface area contributed by atoms with Gasteiger partial charge in [0.2, 0.25) is 5.91 Å². The van der Waals surface area contributed by atoms with Gasteiger partial charge in [0.05, 0.1) is 7.11 Å². The van der Waals surface area contributed by atoms with Crippen molar-refractivity contribution in [1.82, 2.24) is 5.06 Å². The van der Waals surface area contributed by atoms with Crippen LogP contribution in [0.15, 0.2) is 41.3 Å². The number of thioether (sulfide) groups is 1. The zero-order valence-electron chi connectivity index (χ0n) is 18.9. The van der Waals surface area contributed by atoms with Crippen molar-refractivity contribution in [3.05, 3.63) is 58.7 Å². The van der Waals surface area contributed by atoms with E-state index < -0.39 is 11.5 Å². The minimum atomic E-state index is -0.832. The van der Waals surface area contributed by atoms with Crippen LogP contribution in [0.3, 0.4) is 0 Å². The molecule has 6 heteroatoms. The fourth-order valence-corrected chi connectivity index (χ4v) is 5.75. The molecule has 1 atom stereocenters. The van der Waals surface area contributed by atoms with Gasteiger partial charge in [-0.3, -0.25) is 14.5 Å². The summed E-state index contributed by atoms with van der Waals surface area (Å²) < 4.78 is 0. The number of piperidine rings is 1. The van der Waals surface area contributed by atoms with E-state index in [1.165, 1.54) is 0 Å². The van der Waals surface area contributed by atoms with E-state index in [1.807, 2.05) is 56.4 Å². The lowest BCUT2D eigenvalue weighted by Crippen LogP contribution is -2.56. The lowest BCUT2D eigenvalue weighted by Gasteiger charge is -2.42. The number of carbonyl (C=O) groups is 2. The second-order valence-electron chi connectivity index (χ2n) is 8.62. The first-order valence-corrected chi connectivity index (χ1v) is 11.9. The zero-order chi connectivity index (χ0) is 22.3. The molecule has 1 amide bonds. The van der Waals surface area contributed by atoms with Gasteiger partial charge in [-0.05, 0) is 80.8 Å². The van der Waals surface area contributed by atoms with Crippen molar-refractivity contribution in [1.29, 1.82) is 0 Å². The molecule has 0 aliphatic carbocycles. The van der Waals surface area contributed by atoms with Gasteiger partial charge < -0.3 is 4.84 Å². The van der Waals surface area contributed by atoms with E-state index in [9.17, 15) is 9.59 Å². The molecule has 2 fully saturated rings. The topological polar surface area (TPSA) is 49.9 Å². The quantitative estimate of drug-likeness (QED) is 0.522. The average Bonchev–Trinajstić information content (AvgIpc) is 2.95. The van der Waals surface area contributed by atoms with E-state index in [1.54, 1.807) is 23.8 Å². The summed E-state index contributed by atoms with van der Waals surface area (Å²) in [5.41, 5.74) is 4.00. The summed E-state index contributed by atoms with van der Waals surface area (Å²) in [6.45, 7) is 7.29. The first-order valence-electron chi connectivity index (χ1n) is 10.7. The second kappa shape index (κ2) is 8.41. The summed E-state index contributed by atoms with van der Waals surface area (Å²) in [5, 5.41) is 1.87. The largest absolute Gasteiger partial charge is 0.302 e. The number of amides is 1. The molecule has 0 aromatic heterocycles. The molecular formula is C25H30N2O3S. The molecule has 2 saturated heterocycles. The molecule has 2 heterocycles. The van der Waals surface area contributed by atoms with Gasteiger partial charge in [0.15, 0.2) is 5.78 Å². The van der Waals surface area contributed by atoms with Gasteiger partial charge in [0.1, 0.15) is 11.5 Å². The average molecular weight is 439 g/mol. The molecular weight excluding hydrogens is 408 g/mol. The van der Waals surface area contributed by atoms with Crippen molar-refractivity contribution in [3.8, 4) is 0 Å². The standard InChI is InChI=1S/C25H30N2O3S/c1-16-14-17(2)21(18(3)15-16)22-23(28)25(10-12-26(30-4)13-11-25)27(24(22)29)19-6-8-20(31-5)9-7-19/h6-9,14-15,22H,10-13H2,1-5H3. The number of benzene rings is 2. The van der Waals surface area contributed by atoms with Gasteiger partial charge >= 0.3 is 0 Å². The molecule has 2 aliphatic heterocycles. The Morgan fingerprint density at radius 2 is 1.58 bits per heavy atom. The van der Waals surface area contributed by atoms with Gasteiger partial charge in [0.25, 0.3) is 0 Å². The first-order chi connectivity index (χ1) is 14.8. The fraction of sp³-hybridized carbons (Fsp3) is 0.440. The maximum absolute atomic E-state index is 14.1. The smallest absolute Gasteiger partial charge is 0.243 e. The molecule has 0 saturated carbocycles. The maximum Gasteiger partial charge on any atom is 0.243 e. The molecule has 0 radical (unpaired) electrons. The number of ketones is 1. The number of Topliss-reactive ketones (excluding diaryl/α,β-unsaturated/α-hetero) is 1. The third kappa shape index (κ3) is 3.60. The molecule has 31 heavy (non-hydrogen) atoms. The summed E-state index contributed by atoms with van der Waals surface area (Å²) in [4.78, 5) is 36.3. The highest BCUT2D eigenvalue weighted by molar-refractivity contribution is 7.98. The van der Waals surface area contributed by atoms with Crippen molar-refractivity contribution in [3.63, 3.8) is 0 Å². The number of rotatable bonds is 4. The van der Waals surface area contributed by atoms with Crippen molar-refractivity contribution >= 4 is 29.1 Å². The second-order valence-corrected chi connectivity index (χ2v) is 9.50. The van der Waals surface area contributed by atoms with Crippen LogP contribution in [-0.4, -0.2) is 48.7 Å². The summed E-state index contributed by atoms with van der Waals surface area (Å²) in [6.07, 6.45) is 3.16. The molecule has 2 aliphatic rings. The molecule has 2 aromatic rings. The Kier molecular flexibility index (Phi) is 5.99. The van der Waals surface area contributed by atoms with Gasteiger partial charge in [0, 0.05) is 23.7 Å². The predicted molar refractivity (Wildman–Crippen MR) is 125 cm³/mol. The van der Waals surface area contributed by atoms with Crippen molar-refractivity contribution < 1.29 is 14.4 Å². The Labute approximate surface area is 188 Å². The monoisotopic (exact) mass is 438 g/mol. The number of aryl methyl sites for hydroxylation is 3. The van der Waals surface area contributed by atoms with Gasteiger partial charge in [-0.25, -0.2) is 0 Å². The Hall–Kier alpha value is -2.15. The normalized spacial score (nSPS) is 21.3. The third-order valence-corrected chi connectivity index (χ3v) is 7.52. The van der Waals surface area contributed by atoms with Crippen LogP contribution in [0.1, 0.15) is 41.0 Å². The Balaban J connectivity index is 1.84. The molecule has 4 rings (SSSR count). The van der Waals surface area contributed by atoms with Crippen LogP contribution in [0, 0.1) is 20.8 Å². The van der Waals surface area contributed by atoms with Crippen LogP contribution < -0.4 is 4.90 Å². The number of nitrogens with zero attached hydrogens (tertiary/aromatic N) is 2. The zero-order valence-corrected chi connectivity index (χ0v) is 19.7. The van der Waals surface area contributed by atoms with Crippen molar-refractivity contribution in [2.45, 2.75) is 50.0 Å². The highest BCUT2D eigenvalue weighted by atomic mass is 32.2. The molecule has 0 bridgehead atoms. The van der Waals surface area contributed by atoms with Crippen molar-refractivity contribution in [2.75, 3.05) is 31.4 Å². The molecule has 164 valence electrons. The van der Waals surface area contributed by atoms with Crippen LogP contribution in [0.5, 0.6) is 0 Å². The van der Waals surface area contributed by atoms with E-state index in [4.69, 9.17) is 4.84 Å². The van der Waals surface area contributed by atoms with E-state index in [2.05, 4.69) is 12.1 Å². The van der Waals surface area contributed by atoms with Crippen LogP contribution in [0.2, 0.25) is 0 Å². The van der Waals surface area contributed by atoms with E-state index in [0.29, 0.717) is 25.9 Å². The highest BCUT2D eigenvalue weighted by Gasteiger charge is 2.60. The molecule has 0 N–H and O–H groups in total. The number of anilines is 1. The lowest BCUT2D eigenvalue weighted by atomic mass is 9.78. The van der Waals surface area contributed by atoms with E-state index >= 15 is 0 Å². The minimum Gasteiger partial charge on any atom is -0.302 e. The molecule has 2 aromatic carbocycles. The summed E-state index contributed by atoms with van der Waals surface area (Å²) in [6, 6.07) is 12.1. The Morgan fingerprint density at radius 1 is 1.00 bits per heavy atom. The molecule has 1 spiro atoms. The minimum absolute atomic E-state index is 0.0252. The number of carbonyl (C=O) groups excluding carboxylic acids is 2. The van der Waals surface area contributed by atoms with Gasteiger partial charge in [-0.2, -0.15) is 5.06 Å². The Bertz CT molecular complexity index is 987. The van der Waals surface area contributed by atoms with Gasteiger partial charge in [-0.1, -0.05) is 17.7 Å². The van der Waals surface area contributed by atoms with E-state index in [0.717, 1.165) is 32.8 Å². The maximum atomic E-state index is 14.1. The van der Waals surface area contributed by atoms with Crippen LogP contribution in [-0.2, 0) is 14.4 Å². The number of hydrogen-bond donors (Lipinski definition) is 0. The number of hydrogen-bond acceptors (Lipinski definition) is 5. The highest BCUT2D eigenvalue weighted by Crippen LogP contribution is 2.47. The summed E-state index contributed by atoms with van der Waals surface area (Å²) >= 11 is 1.66. The molecule has 1 unspecified atom stereocenters. The van der Waals surface area contributed by atoms with Crippen molar-refractivity contribution in [2.24, 2.45) is 0 Å². The third-order valence-electron chi connectivity index (χ3n) is 6.78. The SMILES string of the molecule is CON1CCC2(CC1)C(=O)C(c1c(C)cc(C)cc1C)C(=O)N2c1ccc(SC)cc1. The molecule has 5 nitrogen and oxygen atoms in total. The van der Waals surface area contributed by atoms with Crippen LogP contribution in [0.25, 0.3) is 0 Å². The lowest BCUT2D eigenvalue weighted by molar-refractivity contribution is -0.155. The Morgan fingerprint density at radius 3 is 2.10 bits per heavy atom. The first kappa shape index (κ1) is 22.1. The van der Waals surface area contributed by atoms with E-state index in [-0.39, 0.29) is 11.7 Å². The predicted octanol–water partition coefficient (Wildman–Crippen LogP) is 4.43. The van der Waals surface area contributed by atoms with Crippen LogP contribution >= 0.6 is 11.8 Å². The fourth-order valence-electron chi connectivity index (χ4n) is 5.35. The van der Waals surface area contributed by atoms with Gasteiger partial charge in [-0.15, -0.1) is 11.8 Å².